The minimum Gasteiger partial charge on any atom is -0.368 e. The Hall–Kier alpha value is -1.65. The van der Waals surface area contributed by atoms with Crippen LogP contribution in [0, 0.1) is 17.1 Å². The average Bonchev–Trinajstić information content (AvgIpc) is 2.44. The lowest BCUT2D eigenvalue weighted by Crippen LogP contribution is -2.47. The minimum atomic E-state index is -2.95. The molecular weight excluding hydrogens is 293 g/mol. The number of hydrogen-bond donors (Lipinski definition) is 0. The number of anilines is 1. The van der Waals surface area contributed by atoms with E-state index in [1.807, 2.05) is 11.0 Å². The summed E-state index contributed by atoms with van der Waals surface area (Å²) in [6.07, 6.45) is 1.23. The van der Waals surface area contributed by atoms with Crippen LogP contribution in [0.3, 0.4) is 0 Å². The van der Waals surface area contributed by atoms with E-state index in [9.17, 15) is 12.8 Å². The van der Waals surface area contributed by atoms with E-state index in [0.29, 0.717) is 38.4 Å². The van der Waals surface area contributed by atoms with Crippen molar-refractivity contribution in [3.05, 3.63) is 29.6 Å². The molecule has 0 bridgehead atoms. The lowest BCUT2D eigenvalue weighted by atomic mass is 10.1. The maximum Gasteiger partial charge on any atom is 0.148 e. The highest BCUT2D eigenvalue weighted by atomic mass is 32.2. The molecule has 0 saturated carbocycles. The smallest absolute Gasteiger partial charge is 0.148 e. The molecule has 0 aromatic heterocycles. The molecule has 0 atom stereocenters. The average molecular weight is 311 g/mol. The zero-order valence-corrected chi connectivity index (χ0v) is 12.7. The van der Waals surface area contributed by atoms with Gasteiger partial charge >= 0.3 is 0 Å². The fourth-order valence-corrected chi connectivity index (χ4v) is 2.98. The fraction of sp³-hybridized carbons (Fsp3) is 0.500. The molecule has 0 unspecified atom stereocenters. The van der Waals surface area contributed by atoms with Gasteiger partial charge in [0.2, 0.25) is 0 Å². The highest BCUT2D eigenvalue weighted by Gasteiger charge is 2.21. The predicted molar refractivity (Wildman–Crippen MR) is 79.5 cm³/mol. The second-order valence-corrected chi connectivity index (χ2v) is 7.46. The summed E-state index contributed by atoms with van der Waals surface area (Å²) >= 11 is 0. The third-order valence-electron chi connectivity index (χ3n) is 3.59. The Kier molecular flexibility index (Phi) is 4.80. The van der Waals surface area contributed by atoms with E-state index in [2.05, 4.69) is 4.90 Å². The Morgan fingerprint density at radius 1 is 1.29 bits per heavy atom. The highest BCUT2D eigenvalue weighted by molar-refractivity contribution is 7.90. The zero-order valence-electron chi connectivity index (χ0n) is 11.9. The van der Waals surface area contributed by atoms with Crippen molar-refractivity contribution in [2.24, 2.45) is 0 Å². The van der Waals surface area contributed by atoms with Crippen LogP contribution in [0.2, 0.25) is 0 Å². The van der Waals surface area contributed by atoms with Gasteiger partial charge in [-0.2, -0.15) is 5.26 Å². The third kappa shape index (κ3) is 4.16. The molecule has 1 saturated heterocycles. The number of hydrogen-bond acceptors (Lipinski definition) is 5. The number of piperazine rings is 1. The van der Waals surface area contributed by atoms with E-state index in [-0.39, 0.29) is 11.3 Å². The fourth-order valence-electron chi connectivity index (χ4n) is 2.39. The van der Waals surface area contributed by atoms with Gasteiger partial charge in [0.25, 0.3) is 0 Å². The second-order valence-electron chi connectivity index (χ2n) is 5.20. The lowest BCUT2D eigenvalue weighted by molar-refractivity contribution is 0.272. The van der Waals surface area contributed by atoms with Crippen LogP contribution < -0.4 is 4.90 Å². The Morgan fingerprint density at radius 3 is 2.52 bits per heavy atom. The topological polar surface area (TPSA) is 64.4 Å². The Labute approximate surface area is 124 Å². The first kappa shape index (κ1) is 15.7. The standard InChI is InChI=1S/C14H18FN3O2S/c1-21(19,20)10-9-17-5-7-18(8-6-17)14-4-2-3-13(15)12(14)11-16/h2-4H,5-10H2,1H3. The first-order chi connectivity index (χ1) is 9.90. The Balaban J connectivity index is 1.99. The molecule has 5 nitrogen and oxygen atoms in total. The molecule has 1 aliphatic heterocycles. The monoisotopic (exact) mass is 311 g/mol. The molecule has 0 radical (unpaired) electrons. The van der Waals surface area contributed by atoms with E-state index in [1.165, 1.54) is 12.3 Å². The highest BCUT2D eigenvalue weighted by Crippen LogP contribution is 2.23. The van der Waals surface area contributed by atoms with Gasteiger partial charge in [0.05, 0.1) is 11.4 Å². The first-order valence-corrected chi connectivity index (χ1v) is 8.80. The normalized spacial score (nSPS) is 16.7. The van der Waals surface area contributed by atoms with Crippen LogP contribution in [0.1, 0.15) is 5.56 Å². The van der Waals surface area contributed by atoms with Gasteiger partial charge in [0.1, 0.15) is 27.3 Å². The van der Waals surface area contributed by atoms with Crippen LogP contribution in [-0.2, 0) is 9.84 Å². The molecule has 0 spiro atoms. The molecule has 0 amide bonds. The van der Waals surface area contributed by atoms with Crippen LogP contribution >= 0.6 is 0 Å². The molecular formula is C14H18FN3O2S. The Bertz CT molecular complexity index is 647. The summed E-state index contributed by atoms with van der Waals surface area (Å²) in [6.45, 7) is 3.23. The summed E-state index contributed by atoms with van der Waals surface area (Å²) in [4.78, 5) is 4.04. The van der Waals surface area contributed by atoms with Gasteiger partial charge in [-0.05, 0) is 12.1 Å². The number of nitriles is 1. The van der Waals surface area contributed by atoms with Crippen LogP contribution in [0.4, 0.5) is 10.1 Å². The summed E-state index contributed by atoms with van der Waals surface area (Å²) in [6, 6.07) is 6.53. The van der Waals surface area contributed by atoms with Crippen molar-refractivity contribution in [1.82, 2.24) is 4.90 Å². The minimum absolute atomic E-state index is 0.0714. The second kappa shape index (κ2) is 6.41. The summed E-state index contributed by atoms with van der Waals surface area (Å²) in [5.74, 6) is -0.356. The molecule has 21 heavy (non-hydrogen) atoms. The van der Waals surface area contributed by atoms with Gasteiger partial charge in [0, 0.05) is 39.0 Å². The van der Waals surface area contributed by atoms with E-state index in [4.69, 9.17) is 5.26 Å². The number of benzene rings is 1. The molecule has 114 valence electrons. The molecule has 1 heterocycles. The van der Waals surface area contributed by atoms with Crippen LogP contribution in [0.5, 0.6) is 0 Å². The van der Waals surface area contributed by atoms with Crippen molar-refractivity contribution in [2.45, 2.75) is 0 Å². The number of nitrogens with zero attached hydrogens (tertiary/aromatic N) is 3. The number of halogens is 1. The van der Waals surface area contributed by atoms with Gasteiger partial charge in [-0.15, -0.1) is 0 Å². The molecule has 0 aliphatic carbocycles. The van der Waals surface area contributed by atoms with Crippen molar-refractivity contribution in [1.29, 1.82) is 5.26 Å². The number of rotatable bonds is 4. The van der Waals surface area contributed by atoms with Crippen molar-refractivity contribution < 1.29 is 12.8 Å². The molecule has 1 aliphatic rings. The molecule has 0 N–H and O–H groups in total. The maximum atomic E-state index is 13.6. The van der Waals surface area contributed by atoms with E-state index in [1.54, 1.807) is 12.1 Å². The largest absolute Gasteiger partial charge is 0.368 e. The SMILES string of the molecule is CS(=O)(=O)CCN1CCN(c2cccc(F)c2C#N)CC1. The summed E-state index contributed by atoms with van der Waals surface area (Å²) < 4.78 is 35.9. The molecule has 1 aromatic rings. The van der Waals surface area contributed by atoms with Crippen molar-refractivity contribution in [2.75, 3.05) is 49.6 Å². The van der Waals surface area contributed by atoms with Gasteiger partial charge in [-0.25, -0.2) is 12.8 Å². The summed E-state index contributed by atoms with van der Waals surface area (Å²) in [7, 11) is -2.95. The molecule has 7 heteroatoms. The van der Waals surface area contributed by atoms with Gasteiger partial charge in [-0.1, -0.05) is 6.07 Å². The molecule has 2 rings (SSSR count). The summed E-state index contributed by atoms with van der Waals surface area (Å²) in [5.41, 5.74) is 0.683. The van der Waals surface area contributed by atoms with Crippen molar-refractivity contribution in [3.63, 3.8) is 0 Å². The van der Waals surface area contributed by atoms with E-state index < -0.39 is 15.7 Å². The van der Waals surface area contributed by atoms with Crippen LogP contribution in [0.15, 0.2) is 18.2 Å². The zero-order chi connectivity index (χ0) is 15.5. The van der Waals surface area contributed by atoms with E-state index >= 15 is 0 Å². The summed E-state index contributed by atoms with van der Waals surface area (Å²) in [5, 5.41) is 9.06. The van der Waals surface area contributed by atoms with E-state index in [0.717, 1.165) is 0 Å². The quantitative estimate of drug-likeness (QED) is 0.825. The van der Waals surface area contributed by atoms with Gasteiger partial charge in [0.15, 0.2) is 0 Å². The predicted octanol–water partition coefficient (Wildman–Crippen LogP) is 0.864. The van der Waals surface area contributed by atoms with Crippen molar-refractivity contribution >= 4 is 15.5 Å². The van der Waals surface area contributed by atoms with Gasteiger partial charge < -0.3 is 4.90 Å². The lowest BCUT2D eigenvalue weighted by Gasteiger charge is -2.36. The van der Waals surface area contributed by atoms with Gasteiger partial charge in [-0.3, -0.25) is 4.90 Å². The molecule has 1 fully saturated rings. The first-order valence-electron chi connectivity index (χ1n) is 6.74. The third-order valence-corrected chi connectivity index (χ3v) is 4.52. The van der Waals surface area contributed by atoms with Crippen LogP contribution in [0.25, 0.3) is 0 Å². The van der Waals surface area contributed by atoms with Crippen LogP contribution in [-0.4, -0.2) is 58.1 Å². The maximum absolute atomic E-state index is 13.6. The molecule has 1 aromatic carbocycles. The number of sulfone groups is 1. The van der Waals surface area contributed by atoms with Crippen molar-refractivity contribution in [3.8, 4) is 6.07 Å². The Morgan fingerprint density at radius 2 is 1.95 bits per heavy atom.